The molecule has 3 heterocycles. The van der Waals surface area contributed by atoms with Crippen LogP contribution in [0, 0.1) is 0 Å². The van der Waals surface area contributed by atoms with E-state index in [1.54, 1.807) is 0 Å². The largest absolute Gasteiger partial charge is 0.383 e. The number of nitrogens with two attached hydrogens (primary N) is 1. The summed E-state index contributed by atoms with van der Waals surface area (Å²) >= 11 is 6.04. The van der Waals surface area contributed by atoms with Crippen molar-refractivity contribution in [3.63, 3.8) is 0 Å². The van der Waals surface area contributed by atoms with E-state index < -0.39 is 0 Å². The Bertz CT molecular complexity index is 1290. The second kappa shape index (κ2) is 7.03. The van der Waals surface area contributed by atoms with Gasteiger partial charge in [0.2, 0.25) is 0 Å². The van der Waals surface area contributed by atoms with E-state index in [0.29, 0.717) is 23.2 Å². The normalized spacial score (nSPS) is 11.2. The molecule has 0 unspecified atom stereocenters. The van der Waals surface area contributed by atoms with Gasteiger partial charge in [-0.05, 0) is 17.7 Å². The molecule has 0 radical (unpaired) electrons. The standard InChI is InChI=1S/C21H16ClN7/c22-15-8-6-13(7-9-15)16-10-29(21-18(16)19(23)24-12-25-21)11-17-26-20(28-27-17)14-4-2-1-3-5-14/h1-10,12H,11H2,(H2,23,24,25)(H,26,27,28). The zero-order chi connectivity index (χ0) is 19.8. The maximum Gasteiger partial charge on any atom is 0.181 e. The first-order valence-electron chi connectivity index (χ1n) is 9.01. The predicted octanol–water partition coefficient (Wildman–Crippen LogP) is 4.17. The van der Waals surface area contributed by atoms with Crippen LogP contribution >= 0.6 is 11.6 Å². The van der Waals surface area contributed by atoms with E-state index in [4.69, 9.17) is 17.3 Å². The number of halogens is 1. The quantitative estimate of drug-likeness (QED) is 0.471. The van der Waals surface area contributed by atoms with Crippen molar-refractivity contribution in [2.45, 2.75) is 6.54 Å². The monoisotopic (exact) mass is 401 g/mol. The summed E-state index contributed by atoms with van der Waals surface area (Å²) in [5.41, 5.74) is 9.81. The Hall–Kier alpha value is -3.71. The number of hydrogen-bond acceptors (Lipinski definition) is 5. The highest BCUT2D eigenvalue weighted by Crippen LogP contribution is 2.33. The first kappa shape index (κ1) is 17.4. The molecule has 142 valence electrons. The Morgan fingerprint density at radius 3 is 2.55 bits per heavy atom. The molecule has 29 heavy (non-hydrogen) atoms. The Morgan fingerprint density at radius 2 is 1.76 bits per heavy atom. The second-order valence-corrected chi connectivity index (χ2v) is 7.04. The Kier molecular flexibility index (Phi) is 4.22. The van der Waals surface area contributed by atoms with Gasteiger partial charge in [-0.15, -0.1) is 0 Å². The number of aromatic amines is 1. The molecule has 5 aromatic rings. The van der Waals surface area contributed by atoms with E-state index in [0.717, 1.165) is 33.5 Å². The summed E-state index contributed by atoms with van der Waals surface area (Å²) in [7, 11) is 0. The van der Waals surface area contributed by atoms with Gasteiger partial charge in [-0.1, -0.05) is 54.1 Å². The molecule has 0 aliphatic heterocycles. The number of nitrogens with zero attached hydrogens (tertiary/aromatic N) is 5. The molecule has 2 aromatic carbocycles. The van der Waals surface area contributed by atoms with Gasteiger partial charge < -0.3 is 10.3 Å². The SMILES string of the molecule is Nc1ncnc2c1c(-c1ccc(Cl)cc1)cn2Cc1nc(-c2ccccc2)n[nH]1. The minimum absolute atomic E-state index is 0.432. The first-order valence-corrected chi connectivity index (χ1v) is 9.39. The molecule has 0 aliphatic rings. The van der Waals surface area contributed by atoms with Crippen LogP contribution in [0.25, 0.3) is 33.5 Å². The van der Waals surface area contributed by atoms with Gasteiger partial charge in [0.1, 0.15) is 23.6 Å². The fourth-order valence-electron chi connectivity index (χ4n) is 3.36. The predicted molar refractivity (Wildman–Crippen MR) is 113 cm³/mol. The zero-order valence-electron chi connectivity index (χ0n) is 15.2. The van der Waals surface area contributed by atoms with Gasteiger partial charge in [0.15, 0.2) is 5.82 Å². The van der Waals surface area contributed by atoms with Gasteiger partial charge in [-0.3, -0.25) is 5.10 Å². The molecular formula is C21H16ClN7. The van der Waals surface area contributed by atoms with Crippen molar-refractivity contribution in [2.75, 3.05) is 5.73 Å². The molecule has 0 fully saturated rings. The van der Waals surface area contributed by atoms with Crippen LogP contribution in [-0.4, -0.2) is 29.7 Å². The number of H-pyrrole nitrogens is 1. The summed E-state index contributed by atoms with van der Waals surface area (Å²) < 4.78 is 1.99. The van der Waals surface area contributed by atoms with Gasteiger partial charge in [0.05, 0.1) is 11.9 Å². The highest BCUT2D eigenvalue weighted by Gasteiger charge is 2.16. The van der Waals surface area contributed by atoms with Crippen molar-refractivity contribution in [3.05, 3.63) is 78.0 Å². The van der Waals surface area contributed by atoms with E-state index in [1.807, 2.05) is 65.4 Å². The van der Waals surface area contributed by atoms with Crippen molar-refractivity contribution in [1.29, 1.82) is 0 Å². The molecule has 8 heteroatoms. The minimum Gasteiger partial charge on any atom is -0.383 e. The number of benzene rings is 2. The summed E-state index contributed by atoms with van der Waals surface area (Å²) in [6, 6.07) is 17.4. The summed E-state index contributed by atoms with van der Waals surface area (Å²) in [6.45, 7) is 0.473. The Labute approximate surface area is 171 Å². The Morgan fingerprint density at radius 1 is 0.966 bits per heavy atom. The lowest BCUT2D eigenvalue weighted by molar-refractivity contribution is 0.768. The fraction of sp³-hybridized carbons (Fsp3) is 0.0476. The number of nitrogen functional groups attached to an aromatic ring is 1. The summed E-state index contributed by atoms with van der Waals surface area (Å²) in [4.78, 5) is 13.2. The van der Waals surface area contributed by atoms with Crippen LogP contribution in [0.1, 0.15) is 5.82 Å². The molecule has 3 N–H and O–H groups in total. The lowest BCUT2D eigenvalue weighted by Crippen LogP contribution is -2.02. The smallest absolute Gasteiger partial charge is 0.181 e. The van der Waals surface area contributed by atoms with E-state index in [-0.39, 0.29) is 0 Å². The topological polar surface area (TPSA) is 98.3 Å². The average Bonchev–Trinajstić information content (AvgIpc) is 3.36. The molecular weight excluding hydrogens is 386 g/mol. The number of anilines is 1. The van der Waals surface area contributed by atoms with E-state index in [2.05, 4.69) is 25.1 Å². The number of fused-ring (bicyclic) bond motifs is 1. The van der Waals surface area contributed by atoms with E-state index >= 15 is 0 Å². The number of hydrogen-bond donors (Lipinski definition) is 2. The lowest BCUT2D eigenvalue weighted by atomic mass is 10.1. The van der Waals surface area contributed by atoms with Crippen molar-refractivity contribution < 1.29 is 0 Å². The summed E-state index contributed by atoms with van der Waals surface area (Å²) in [5, 5.41) is 8.83. The third kappa shape index (κ3) is 3.21. The minimum atomic E-state index is 0.432. The van der Waals surface area contributed by atoms with Gasteiger partial charge >= 0.3 is 0 Å². The van der Waals surface area contributed by atoms with Crippen molar-refractivity contribution >= 4 is 28.5 Å². The van der Waals surface area contributed by atoms with Crippen LogP contribution in [0.4, 0.5) is 5.82 Å². The molecule has 0 spiro atoms. The molecule has 0 aliphatic carbocycles. The first-order chi connectivity index (χ1) is 14.2. The Balaban J connectivity index is 1.57. The lowest BCUT2D eigenvalue weighted by Gasteiger charge is -2.02. The van der Waals surface area contributed by atoms with Crippen LogP contribution < -0.4 is 5.73 Å². The molecule has 0 amide bonds. The molecule has 5 rings (SSSR count). The average molecular weight is 402 g/mol. The van der Waals surface area contributed by atoms with Crippen molar-refractivity contribution in [2.24, 2.45) is 0 Å². The van der Waals surface area contributed by atoms with Crippen molar-refractivity contribution in [1.82, 2.24) is 29.7 Å². The highest BCUT2D eigenvalue weighted by molar-refractivity contribution is 6.30. The molecule has 0 saturated heterocycles. The maximum atomic E-state index is 6.18. The van der Waals surface area contributed by atoms with E-state index in [9.17, 15) is 0 Å². The maximum absolute atomic E-state index is 6.18. The van der Waals surface area contributed by atoms with Crippen molar-refractivity contribution in [3.8, 4) is 22.5 Å². The molecule has 7 nitrogen and oxygen atoms in total. The van der Waals surface area contributed by atoms with E-state index in [1.165, 1.54) is 6.33 Å². The van der Waals surface area contributed by atoms with Crippen LogP contribution in [0.15, 0.2) is 67.1 Å². The van der Waals surface area contributed by atoms with Crippen LogP contribution in [0.2, 0.25) is 5.02 Å². The van der Waals surface area contributed by atoms with Crippen LogP contribution in [0.3, 0.4) is 0 Å². The molecule has 0 atom stereocenters. The van der Waals surface area contributed by atoms with Gasteiger partial charge in [0, 0.05) is 22.3 Å². The van der Waals surface area contributed by atoms with Gasteiger partial charge in [-0.2, -0.15) is 5.10 Å². The van der Waals surface area contributed by atoms with Gasteiger partial charge in [0.25, 0.3) is 0 Å². The fourth-order valence-corrected chi connectivity index (χ4v) is 3.49. The van der Waals surface area contributed by atoms with Crippen LogP contribution in [-0.2, 0) is 6.54 Å². The third-order valence-corrected chi connectivity index (χ3v) is 4.97. The molecule has 0 bridgehead atoms. The zero-order valence-corrected chi connectivity index (χ0v) is 16.0. The number of rotatable bonds is 4. The van der Waals surface area contributed by atoms with Crippen LogP contribution in [0.5, 0.6) is 0 Å². The summed E-state index contributed by atoms with van der Waals surface area (Å²) in [6.07, 6.45) is 3.47. The highest BCUT2D eigenvalue weighted by atomic mass is 35.5. The molecule has 3 aromatic heterocycles. The number of aromatic nitrogens is 6. The second-order valence-electron chi connectivity index (χ2n) is 6.61. The number of nitrogens with one attached hydrogen (secondary N) is 1. The third-order valence-electron chi connectivity index (χ3n) is 4.72. The molecule has 0 saturated carbocycles. The summed E-state index contributed by atoms with van der Waals surface area (Å²) in [5.74, 6) is 1.81. The van der Waals surface area contributed by atoms with Gasteiger partial charge in [-0.25, -0.2) is 15.0 Å².